The standard InChI is InChI=1S/C17H16INO/c1-12-3-5-14(6-4-12)17(20)11-13(2)19-16-9-7-15(18)8-10-16/h3-11,19H,1-2H3. The molecule has 1 N–H and O–H groups in total. The van der Waals surface area contributed by atoms with Crippen LogP contribution in [0.4, 0.5) is 5.69 Å². The molecule has 0 unspecified atom stereocenters. The van der Waals surface area contributed by atoms with Crippen molar-refractivity contribution in [1.29, 1.82) is 0 Å². The number of carbonyl (C=O) groups is 1. The van der Waals surface area contributed by atoms with Crippen LogP contribution < -0.4 is 5.32 Å². The third kappa shape index (κ3) is 4.20. The molecule has 0 aliphatic heterocycles. The molecule has 0 aliphatic carbocycles. The zero-order valence-corrected chi connectivity index (χ0v) is 13.6. The zero-order chi connectivity index (χ0) is 14.5. The van der Waals surface area contributed by atoms with Crippen molar-refractivity contribution in [2.75, 3.05) is 5.32 Å². The Labute approximate surface area is 133 Å². The van der Waals surface area contributed by atoms with Crippen molar-refractivity contribution in [3.05, 3.63) is 75.0 Å². The second-order valence-corrected chi connectivity index (χ2v) is 5.94. The van der Waals surface area contributed by atoms with Crippen LogP contribution in [0.2, 0.25) is 0 Å². The summed E-state index contributed by atoms with van der Waals surface area (Å²) in [7, 11) is 0. The van der Waals surface area contributed by atoms with Gasteiger partial charge in [0, 0.05) is 26.6 Å². The monoisotopic (exact) mass is 377 g/mol. The van der Waals surface area contributed by atoms with Gasteiger partial charge in [-0.25, -0.2) is 0 Å². The summed E-state index contributed by atoms with van der Waals surface area (Å²) in [4.78, 5) is 12.1. The van der Waals surface area contributed by atoms with Crippen molar-refractivity contribution in [3.63, 3.8) is 0 Å². The lowest BCUT2D eigenvalue weighted by molar-refractivity contribution is 0.104. The molecule has 2 aromatic carbocycles. The fraction of sp³-hybridized carbons (Fsp3) is 0.118. The molecule has 0 spiro atoms. The number of hydrogen-bond donors (Lipinski definition) is 1. The topological polar surface area (TPSA) is 29.1 Å². The van der Waals surface area contributed by atoms with E-state index in [0.29, 0.717) is 5.56 Å². The van der Waals surface area contributed by atoms with Crippen LogP contribution in [0.1, 0.15) is 22.8 Å². The van der Waals surface area contributed by atoms with Crippen molar-refractivity contribution < 1.29 is 4.79 Å². The Bertz CT molecular complexity index is 627. The maximum atomic E-state index is 12.1. The Morgan fingerprint density at radius 1 is 1.05 bits per heavy atom. The van der Waals surface area contributed by atoms with Crippen LogP contribution in [0.25, 0.3) is 0 Å². The number of aryl methyl sites for hydroxylation is 1. The van der Waals surface area contributed by atoms with Crippen LogP contribution >= 0.6 is 22.6 Å². The maximum Gasteiger partial charge on any atom is 0.187 e. The van der Waals surface area contributed by atoms with E-state index >= 15 is 0 Å². The largest absolute Gasteiger partial charge is 0.359 e. The number of allylic oxidation sites excluding steroid dienone is 2. The van der Waals surface area contributed by atoms with Gasteiger partial charge in [-0.3, -0.25) is 4.79 Å². The van der Waals surface area contributed by atoms with Gasteiger partial charge >= 0.3 is 0 Å². The molecule has 3 heteroatoms. The predicted molar refractivity (Wildman–Crippen MR) is 92.0 cm³/mol. The predicted octanol–water partition coefficient (Wildman–Crippen LogP) is 4.80. The van der Waals surface area contributed by atoms with E-state index in [2.05, 4.69) is 27.9 Å². The van der Waals surface area contributed by atoms with Gasteiger partial charge in [0.2, 0.25) is 0 Å². The molecule has 2 rings (SSSR count). The highest BCUT2D eigenvalue weighted by molar-refractivity contribution is 14.1. The first-order valence-electron chi connectivity index (χ1n) is 6.36. The molecule has 0 amide bonds. The third-order valence-electron chi connectivity index (χ3n) is 2.87. The second-order valence-electron chi connectivity index (χ2n) is 4.69. The minimum Gasteiger partial charge on any atom is -0.359 e. The Morgan fingerprint density at radius 3 is 2.25 bits per heavy atom. The number of ketones is 1. The first-order valence-corrected chi connectivity index (χ1v) is 7.44. The minimum absolute atomic E-state index is 0.0144. The Balaban J connectivity index is 2.07. The normalized spacial score (nSPS) is 11.2. The van der Waals surface area contributed by atoms with Gasteiger partial charge in [0.1, 0.15) is 0 Å². The maximum absolute atomic E-state index is 12.1. The van der Waals surface area contributed by atoms with E-state index in [1.54, 1.807) is 6.08 Å². The van der Waals surface area contributed by atoms with E-state index < -0.39 is 0 Å². The van der Waals surface area contributed by atoms with Crippen molar-refractivity contribution in [3.8, 4) is 0 Å². The minimum atomic E-state index is 0.0144. The molecule has 20 heavy (non-hydrogen) atoms. The molecule has 2 nitrogen and oxygen atoms in total. The molecule has 0 saturated carbocycles. The molecular weight excluding hydrogens is 361 g/mol. The summed E-state index contributed by atoms with van der Waals surface area (Å²) in [5.41, 5.74) is 3.67. The number of halogens is 1. The molecule has 0 atom stereocenters. The van der Waals surface area contributed by atoms with E-state index in [1.165, 1.54) is 3.57 Å². The zero-order valence-electron chi connectivity index (χ0n) is 11.5. The van der Waals surface area contributed by atoms with Gasteiger partial charge in [-0.05, 0) is 60.7 Å². The van der Waals surface area contributed by atoms with Crippen LogP contribution in [0, 0.1) is 10.5 Å². The molecule has 0 radical (unpaired) electrons. The van der Waals surface area contributed by atoms with Crippen LogP contribution in [0.3, 0.4) is 0 Å². The third-order valence-corrected chi connectivity index (χ3v) is 3.59. The summed E-state index contributed by atoms with van der Waals surface area (Å²) in [6.45, 7) is 3.90. The van der Waals surface area contributed by atoms with Gasteiger partial charge in [-0.1, -0.05) is 29.8 Å². The summed E-state index contributed by atoms with van der Waals surface area (Å²) >= 11 is 2.26. The van der Waals surface area contributed by atoms with Crippen LogP contribution in [-0.2, 0) is 0 Å². The number of nitrogens with one attached hydrogen (secondary N) is 1. The Morgan fingerprint density at radius 2 is 1.65 bits per heavy atom. The molecular formula is C17H16INO. The summed E-state index contributed by atoms with van der Waals surface area (Å²) in [5.74, 6) is 0.0144. The van der Waals surface area contributed by atoms with Crippen LogP contribution in [-0.4, -0.2) is 5.78 Å². The molecule has 0 fully saturated rings. The second kappa shape index (κ2) is 6.70. The van der Waals surface area contributed by atoms with Gasteiger partial charge in [-0.15, -0.1) is 0 Å². The Kier molecular flexibility index (Phi) is 4.95. The number of carbonyl (C=O) groups excluding carboxylic acids is 1. The molecule has 2 aromatic rings. The number of hydrogen-bond acceptors (Lipinski definition) is 2. The van der Waals surface area contributed by atoms with E-state index in [0.717, 1.165) is 16.9 Å². The molecule has 0 heterocycles. The Hall–Kier alpha value is -1.62. The fourth-order valence-electron chi connectivity index (χ4n) is 1.79. The number of benzene rings is 2. The first kappa shape index (κ1) is 14.8. The van der Waals surface area contributed by atoms with Crippen molar-refractivity contribution in [2.45, 2.75) is 13.8 Å². The SMILES string of the molecule is CC(=CC(=O)c1ccc(C)cc1)Nc1ccc(I)cc1. The summed E-state index contributed by atoms with van der Waals surface area (Å²) in [6.07, 6.45) is 1.63. The summed E-state index contributed by atoms with van der Waals surface area (Å²) in [5, 5.41) is 3.22. The lowest BCUT2D eigenvalue weighted by atomic mass is 10.1. The van der Waals surface area contributed by atoms with Gasteiger partial charge in [0.05, 0.1) is 0 Å². The highest BCUT2D eigenvalue weighted by Crippen LogP contribution is 2.14. The summed E-state index contributed by atoms with van der Waals surface area (Å²) < 4.78 is 1.19. The number of anilines is 1. The highest BCUT2D eigenvalue weighted by atomic mass is 127. The van der Waals surface area contributed by atoms with Crippen molar-refractivity contribution in [1.82, 2.24) is 0 Å². The lowest BCUT2D eigenvalue weighted by Gasteiger charge is -2.06. The molecule has 0 bridgehead atoms. The van der Waals surface area contributed by atoms with E-state index in [-0.39, 0.29) is 5.78 Å². The fourth-order valence-corrected chi connectivity index (χ4v) is 2.15. The van der Waals surface area contributed by atoms with Crippen molar-refractivity contribution in [2.24, 2.45) is 0 Å². The molecule has 0 aromatic heterocycles. The van der Waals surface area contributed by atoms with E-state index in [4.69, 9.17) is 0 Å². The smallest absolute Gasteiger partial charge is 0.187 e. The van der Waals surface area contributed by atoms with Crippen LogP contribution in [0.5, 0.6) is 0 Å². The molecule has 0 saturated heterocycles. The average Bonchev–Trinajstić information content (AvgIpc) is 2.42. The quantitative estimate of drug-likeness (QED) is 0.471. The average molecular weight is 377 g/mol. The molecule has 102 valence electrons. The summed E-state index contributed by atoms with van der Waals surface area (Å²) in [6, 6.07) is 15.6. The molecule has 0 aliphatic rings. The lowest BCUT2D eigenvalue weighted by Crippen LogP contribution is -2.01. The van der Waals surface area contributed by atoms with Gasteiger partial charge < -0.3 is 5.32 Å². The van der Waals surface area contributed by atoms with Crippen LogP contribution in [0.15, 0.2) is 60.3 Å². The van der Waals surface area contributed by atoms with Gasteiger partial charge in [0.15, 0.2) is 5.78 Å². The van der Waals surface area contributed by atoms with Gasteiger partial charge in [0.25, 0.3) is 0 Å². The van der Waals surface area contributed by atoms with Crippen molar-refractivity contribution >= 4 is 34.1 Å². The number of rotatable bonds is 4. The first-order chi connectivity index (χ1) is 9.54. The van der Waals surface area contributed by atoms with Gasteiger partial charge in [-0.2, -0.15) is 0 Å². The van der Waals surface area contributed by atoms with E-state index in [9.17, 15) is 4.79 Å². The van der Waals surface area contributed by atoms with E-state index in [1.807, 2.05) is 62.4 Å². The highest BCUT2D eigenvalue weighted by Gasteiger charge is 2.03.